The van der Waals surface area contributed by atoms with Crippen LogP contribution in [0.3, 0.4) is 0 Å². The molecule has 0 saturated carbocycles. The molecular formula is C18H22N2. The SMILES string of the molecule is CC(C)N(C(C)C)C(C#N)c1cccc2ccccc12. The van der Waals surface area contributed by atoms with Crippen molar-refractivity contribution in [2.75, 3.05) is 0 Å². The van der Waals surface area contributed by atoms with Crippen LogP contribution in [0.5, 0.6) is 0 Å². The van der Waals surface area contributed by atoms with Crippen molar-refractivity contribution < 1.29 is 0 Å². The summed E-state index contributed by atoms with van der Waals surface area (Å²) in [6.07, 6.45) is 0. The Bertz CT molecular complexity index is 609. The van der Waals surface area contributed by atoms with Crippen LogP contribution in [0.15, 0.2) is 42.5 Å². The van der Waals surface area contributed by atoms with Gasteiger partial charge in [0.1, 0.15) is 6.04 Å². The van der Waals surface area contributed by atoms with Gasteiger partial charge in [-0.3, -0.25) is 4.90 Å². The normalized spacial score (nSPS) is 13.1. The quantitative estimate of drug-likeness (QED) is 0.813. The molecule has 1 atom stereocenters. The van der Waals surface area contributed by atoms with E-state index in [1.54, 1.807) is 0 Å². The lowest BCUT2D eigenvalue weighted by Crippen LogP contribution is -2.39. The molecule has 0 aliphatic carbocycles. The number of benzene rings is 2. The van der Waals surface area contributed by atoms with E-state index in [1.165, 1.54) is 10.8 Å². The summed E-state index contributed by atoms with van der Waals surface area (Å²) in [7, 11) is 0. The van der Waals surface area contributed by atoms with Crippen molar-refractivity contribution in [3.63, 3.8) is 0 Å². The monoisotopic (exact) mass is 266 g/mol. The molecule has 0 spiro atoms. The van der Waals surface area contributed by atoms with Crippen molar-refractivity contribution in [2.24, 2.45) is 0 Å². The van der Waals surface area contributed by atoms with Crippen molar-refractivity contribution in [1.29, 1.82) is 5.26 Å². The first-order valence-electron chi connectivity index (χ1n) is 7.21. The summed E-state index contributed by atoms with van der Waals surface area (Å²) in [4.78, 5) is 2.27. The minimum atomic E-state index is -0.207. The van der Waals surface area contributed by atoms with E-state index in [0.29, 0.717) is 12.1 Å². The van der Waals surface area contributed by atoms with Gasteiger partial charge < -0.3 is 0 Å². The zero-order valence-corrected chi connectivity index (χ0v) is 12.7. The first-order chi connectivity index (χ1) is 9.56. The Labute approximate surface area is 121 Å². The van der Waals surface area contributed by atoms with Crippen LogP contribution in [0, 0.1) is 11.3 Å². The predicted octanol–water partition coefficient (Wildman–Crippen LogP) is 4.52. The van der Waals surface area contributed by atoms with Crippen LogP contribution in [0.1, 0.15) is 39.3 Å². The summed E-state index contributed by atoms with van der Waals surface area (Å²) in [5, 5.41) is 12.1. The molecule has 2 rings (SSSR count). The third kappa shape index (κ3) is 2.69. The molecule has 0 aromatic heterocycles. The van der Waals surface area contributed by atoms with Gasteiger partial charge in [-0.1, -0.05) is 42.5 Å². The molecule has 0 aliphatic rings. The molecule has 2 nitrogen and oxygen atoms in total. The highest BCUT2D eigenvalue weighted by Gasteiger charge is 2.26. The summed E-state index contributed by atoms with van der Waals surface area (Å²) in [5.74, 6) is 0. The van der Waals surface area contributed by atoms with E-state index in [9.17, 15) is 5.26 Å². The highest BCUT2D eigenvalue weighted by molar-refractivity contribution is 5.86. The molecule has 0 bridgehead atoms. The van der Waals surface area contributed by atoms with E-state index in [4.69, 9.17) is 0 Å². The zero-order valence-electron chi connectivity index (χ0n) is 12.7. The maximum absolute atomic E-state index is 9.72. The third-order valence-corrected chi connectivity index (χ3v) is 3.73. The maximum Gasteiger partial charge on any atom is 0.124 e. The van der Waals surface area contributed by atoms with Crippen molar-refractivity contribution in [3.8, 4) is 6.07 Å². The number of fused-ring (bicyclic) bond motifs is 1. The number of nitriles is 1. The molecule has 2 heteroatoms. The Balaban J connectivity index is 2.58. The van der Waals surface area contributed by atoms with Gasteiger partial charge in [-0.2, -0.15) is 5.26 Å². The molecule has 0 heterocycles. The van der Waals surface area contributed by atoms with Crippen LogP contribution >= 0.6 is 0 Å². The van der Waals surface area contributed by atoms with Gasteiger partial charge in [0.15, 0.2) is 0 Å². The first-order valence-corrected chi connectivity index (χ1v) is 7.21. The van der Waals surface area contributed by atoms with Crippen LogP contribution in [0.4, 0.5) is 0 Å². The van der Waals surface area contributed by atoms with E-state index in [0.717, 1.165) is 5.56 Å². The molecule has 2 aromatic carbocycles. The van der Waals surface area contributed by atoms with Crippen LogP contribution < -0.4 is 0 Å². The molecule has 2 aromatic rings. The molecular weight excluding hydrogens is 244 g/mol. The summed E-state index contributed by atoms with van der Waals surface area (Å²) in [6, 6.07) is 17.5. The Morgan fingerprint density at radius 1 is 0.900 bits per heavy atom. The molecule has 0 aliphatic heterocycles. The Morgan fingerprint density at radius 3 is 2.10 bits per heavy atom. The summed E-state index contributed by atoms with van der Waals surface area (Å²) in [5.41, 5.74) is 1.10. The van der Waals surface area contributed by atoms with E-state index < -0.39 is 0 Å². The van der Waals surface area contributed by atoms with E-state index in [1.807, 2.05) is 18.2 Å². The summed E-state index contributed by atoms with van der Waals surface area (Å²) >= 11 is 0. The average molecular weight is 266 g/mol. The van der Waals surface area contributed by atoms with Crippen molar-refractivity contribution in [3.05, 3.63) is 48.0 Å². The van der Waals surface area contributed by atoms with Gasteiger partial charge in [-0.15, -0.1) is 0 Å². The number of rotatable bonds is 4. The Hall–Kier alpha value is -1.85. The smallest absolute Gasteiger partial charge is 0.124 e. The molecule has 1 unspecified atom stereocenters. The highest BCUT2D eigenvalue weighted by Crippen LogP contribution is 2.30. The molecule has 0 N–H and O–H groups in total. The second-order valence-electron chi connectivity index (χ2n) is 5.73. The van der Waals surface area contributed by atoms with Crippen LogP contribution in [-0.2, 0) is 0 Å². The van der Waals surface area contributed by atoms with E-state index >= 15 is 0 Å². The first kappa shape index (κ1) is 14.6. The van der Waals surface area contributed by atoms with Crippen LogP contribution in [0.25, 0.3) is 10.8 Å². The Kier molecular flexibility index (Phi) is 4.42. The van der Waals surface area contributed by atoms with Gasteiger partial charge in [-0.05, 0) is 44.0 Å². The molecule has 104 valence electrons. The zero-order chi connectivity index (χ0) is 14.7. The van der Waals surface area contributed by atoms with Crippen LogP contribution in [0.2, 0.25) is 0 Å². The van der Waals surface area contributed by atoms with E-state index in [-0.39, 0.29) is 6.04 Å². The fourth-order valence-electron chi connectivity index (χ4n) is 2.98. The predicted molar refractivity (Wildman–Crippen MR) is 84.4 cm³/mol. The van der Waals surface area contributed by atoms with E-state index in [2.05, 4.69) is 62.9 Å². The molecule has 0 fully saturated rings. The van der Waals surface area contributed by atoms with Crippen molar-refractivity contribution in [1.82, 2.24) is 4.90 Å². The molecule has 0 saturated heterocycles. The highest BCUT2D eigenvalue weighted by atomic mass is 15.2. The van der Waals surface area contributed by atoms with Gasteiger partial charge in [0.2, 0.25) is 0 Å². The second-order valence-corrected chi connectivity index (χ2v) is 5.73. The Morgan fingerprint density at radius 2 is 1.50 bits per heavy atom. The largest absolute Gasteiger partial charge is 0.279 e. The minimum absolute atomic E-state index is 0.207. The fraction of sp³-hybridized carbons (Fsp3) is 0.389. The van der Waals surface area contributed by atoms with Gasteiger partial charge in [0.25, 0.3) is 0 Å². The summed E-state index contributed by atoms with van der Waals surface area (Å²) < 4.78 is 0. The third-order valence-electron chi connectivity index (χ3n) is 3.73. The van der Waals surface area contributed by atoms with Crippen molar-refractivity contribution >= 4 is 10.8 Å². The van der Waals surface area contributed by atoms with Gasteiger partial charge in [-0.25, -0.2) is 0 Å². The lowest BCUT2D eigenvalue weighted by Gasteiger charge is -2.35. The molecule has 0 radical (unpaired) electrons. The van der Waals surface area contributed by atoms with Gasteiger partial charge in [0, 0.05) is 12.1 Å². The molecule has 0 amide bonds. The van der Waals surface area contributed by atoms with Gasteiger partial charge in [0.05, 0.1) is 6.07 Å². The fourth-order valence-corrected chi connectivity index (χ4v) is 2.98. The average Bonchev–Trinajstić information content (AvgIpc) is 2.43. The second kappa shape index (κ2) is 6.07. The topological polar surface area (TPSA) is 27.0 Å². The number of nitrogens with zero attached hydrogens (tertiary/aromatic N) is 2. The lowest BCUT2D eigenvalue weighted by atomic mass is 9.96. The summed E-state index contributed by atoms with van der Waals surface area (Å²) in [6.45, 7) is 8.59. The lowest BCUT2D eigenvalue weighted by molar-refractivity contribution is 0.143. The molecule has 20 heavy (non-hydrogen) atoms. The standard InChI is InChI=1S/C18H22N2/c1-13(2)20(14(3)4)18(12-19)17-11-7-9-15-8-5-6-10-16(15)17/h5-11,13-14,18H,1-4H3. The van der Waals surface area contributed by atoms with Crippen LogP contribution in [-0.4, -0.2) is 17.0 Å². The number of hydrogen-bond acceptors (Lipinski definition) is 2. The maximum atomic E-state index is 9.72. The number of hydrogen-bond donors (Lipinski definition) is 0. The minimum Gasteiger partial charge on any atom is -0.279 e. The van der Waals surface area contributed by atoms with Gasteiger partial charge >= 0.3 is 0 Å². The van der Waals surface area contributed by atoms with Crippen molar-refractivity contribution in [2.45, 2.75) is 45.8 Å².